The molecule has 1 nitrogen and oxygen atoms in total. The fourth-order valence-electron chi connectivity index (χ4n) is 2.74. The van der Waals surface area contributed by atoms with Crippen LogP contribution in [0.25, 0.3) is 0 Å². The van der Waals surface area contributed by atoms with Gasteiger partial charge in [0.2, 0.25) is 0 Å². The van der Waals surface area contributed by atoms with Gasteiger partial charge in [-0.2, -0.15) is 0 Å². The van der Waals surface area contributed by atoms with Gasteiger partial charge in [-0.05, 0) is 60.7 Å². The summed E-state index contributed by atoms with van der Waals surface area (Å²) in [5.74, 6) is 0.697. The minimum absolute atomic E-state index is 0.232. The topological polar surface area (TPSA) is 12.0 Å². The maximum atomic E-state index is 3.58. The molecular formula is C19H24BrN. The molecule has 0 saturated heterocycles. The van der Waals surface area contributed by atoms with E-state index in [0.29, 0.717) is 5.92 Å². The number of aryl methyl sites for hydroxylation is 1. The summed E-state index contributed by atoms with van der Waals surface area (Å²) in [7, 11) is 2.02. The second kappa shape index (κ2) is 7.24. The fraction of sp³-hybridized carbons (Fsp3) is 0.368. The van der Waals surface area contributed by atoms with E-state index in [1.807, 2.05) is 7.05 Å². The molecule has 0 aliphatic carbocycles. The first kappa shape index (κ1) is 16.3. The Labute approximate surface area is 136 Å². The van der Waals surface area contributed by atoms with Crippen LogP contribution in [0, 0.1) is 12.8 Å². The Morgan fingerprint density at radius 2 is 1.71 bits per heavy atom. The third-order valence-electron chi connectivity index (χ3n) is 3.80. The van der Waals surface area contributed by atoms with Gasteiger partial charge in [0.1, 0.15) is 0 Å². The van der Waals surface area contributed by atoms with Crippen molar-refractivity contribution in [1.82, 2.24) is 5.32 Å². The summed E-state index contributed by atoms with van der Waals surface area (Å²) in [6, 6.07) is 15.7. The van der Waals surface area contributed by atoms with Crippen molar-refractivity contribution in [1.29, 1.82) is 0 Å². The van der Waals surface area contributed by atoms with Crippen LogP contribution in [0.5, 0.6) is 0 Å². The molecule has 2 aromatic carbocycles. The number of hydrogen-bond donors (Lipinski definition) is 1. The Balaban J connectivity index is 2.31. The zero-order chi connectivity index (χ0) is 15.4. The van der Waals surface area contributed by atoms with Crippen molar-refractivity contribution in [3.63, 3.8) is 0 Å². The lowest BCUT2D eigenvalue weighted by Crippen LogP contribution is -2.18. The molecule has 1 N–H and O–H groups in total. The van der Waals surface area contributed by atoms with Crippen molar-refractivity contribution in [2.24, 2.45) is 5.92 Å². The Bertz CT molecular complexity index is 587. The summed E-state index contributed by atoms with van der Waals surface area (Å²) in [5.41, 5.74) is 5.35. The summed E-state index contributed by atoms with van der Waals surface area (Å²) in [6.07, 6.45) is 1.14. The van der Waals surface area contributed by atoms with E-state index in [4.69, 9.17) is 0 Å². The normalized spacial score (nSPS) is 12.7. The van der Waals surface area contributed by atoms with E-state index in [1.54, 1.807) is 0 Å². The van der Waals surface area contributed by atoms with Crippen LogP contribution < -0.4 is 5.32 Å². The average molecular weight is 346 g/mol. The van der Waals surface area contributed by atoms with Crippen LogP contribution in [0.4, 0.5) is 0 Å². The van der Waals surface area contributed by atoms with Crippen molar-refractivity contribution in [2.75, 3.05) is 7.05 Å². The van der Waals surface area contributed by atoms with E-state index in [0.717, 1.165) is 10.9 Å². The maximum absolute atomic E-state index is 3.58. The van der Waals surface area contributed by atoms with Gasteiger partial charge in [0.15, 0.2) is 0 Å². The lowest BCUT2D eigenvalue weighted by atomic mass is 9.93. The molecule has 1 unspecified atom stereocenters. The van der Waals surface area contributed by atoms with E-state index in [1.165, 1.54) is 22.3 Å². The van der Waals surface area contributed by atoms with E-state index < -0.39 is 0 Å². The molecule has 1 atom stereocenters. The standard InChI is InChI=1S/C19H24BrN/c1-13(2)11-15-6-8-16(9-7-15)19(21-4)18-12-17(20)10-5-14(18)3/h5-10,12-13,19,21H,11H2,1-4H3. The van der Waals surface area contributed by atoms with Gasteiger partial charge in [-0.3, -0.25) is 0 Å². The molecule has 0 aromatic heterocycles. The van der Waals surface area contributed by atoms with E-state index in [-0.39, 0.29) is 6.04 Å². The average Bonchev–Trinajstić information content (AvgIpc) is 2.44. The number of nitrogens with one attached hydrogen (secondary N) is 1. The van der Waals surface area contributed by atoms with E-state index in [9.17, 15) is 0 Å². The van der Waals surface area contributed by atoms with Crippen LogP contribution in [0.2, 0.25) is 0 Å². The van der Waals surface area contributed by atoms with Crippen molar-refractivity contribution < 1.29 is 0 Å². The Morgan fingerprint density at radius 1 is 1.05 bits per heavy atom. The van der Waals surface area contributed by atoms with Gasteiger partial charge >= 0.3 is 0 Å². The maximum Gasteiger partial charge on any atom is 0.0577 e. The van der Waals surface area contributed by atoms with Crippen LogP contribution in [0.15, 0.2) is 46.9 Å². The highest BCUT2D eigenvalue weighted by atomic mass is 79.9. The highest BCUT2D eigenvalue weighted by molar-refractivity contribution is 9.10. The monoisotopic (exact) mass is 345 g/mol. The zero-order valence-corrected chi connectivity index (χ0v) is 14.9. The predicted molar refractivity (Wildman–Crippen MR) is 94.8 cm³/mol. The first-order valence-corrected chi connectivity index (χ1v) is 8.32. The molecule has 21 heavy (non-hydrogen) atoms. The quantitative estimate of drug-likeness (QED) is 0.778. The molecular weight excluding hydrogens is 322 g/mol. The molecule has 0 amide bonds. The van der Waals surface area contributed by atoms with Gasteiger partial charge < -0.3 is 5.32 Å². The molecule has 0 bridgehead atoms. The van der Waals surface area contributed by atoms with Gasteiger partial charge in [0.25, 0.3) is 0 Å². The molecule has 0 fully saturated rings. The van der Waals surface area contributed by atoms with Crippen molar-refractivity contribution in [3.8, 4) is 0 Å². The first-order valence-electron chi connectivity index (χ1n) is 7.53. The molecule has 2 heteroatoms. The van der Waals surface area contributed by atoms with Gasteiger partial charge in [0, 0.05) is 4.47 Å². The third kappa shape index (κ3) is 4.18. The van der Waals surface area contributed by atoms with Crippen molar-refractivity contribution in [2.45, 2.75) is 33.2 Å². The zero-order valence-electron chi connectivity index (χ0n) is 13.3. The summed E-state index contributed by atoms with van der Waals surface area (Å²) >= 11 is 3.58. The first-order chi connectivity index (χ1) is 10.0. The summed E-state index contributed by atoms with van der Waals surface area (Å²) in [5, 5.41) is 3.44. The van der Waals surface area contributed by atoms with Gasteiger partial charge in [-0.15, -0.1) is 0 Å². The molecule has 0 aliphatic rings. The number of hydrogen-bond acceptors (Lipinski definition) is 1. The molecule has 0 heterocycles. The van der Waals surface area contributed by atoms with Crippen LogP contribution in [-0.4, -0.2) is 7.05 Å². The molecule has 2 aromatic rings. The van der Waals surface area contributed by atoms with Gasteiger partial charge in [-0.25, -0.2) is 0 Å². The van der Waals surface area contributed by atoms with Crippen molar-refractivity contribution >= 4 is 15.9 Å². The van der Waals surface area contributed by atoms with Gasteiger partial charge in [-0.1, -0.05) is 60.1 Å². The molecule has 0 spiro atoms. The predicted octanol–water partition coefficient (Wildman–Crippen LogP) is 5.26. The molecule has 0 aliphatic heterocycles. The highest BCUT2D eigenvalue weighted by Gasteiger charge is 2.14. The minimum Gasteiger partial charge on any atom is -0.309 e. The highest BCUT2D eigenvalue weighted by Crippen LogP contribution is 2.27. The number of halogens is 1. The lowest BCUT2D eigenvalue weighted by Gasteiger charge is -2.20. The van der Waals surface area contributed by atoms with Crippen LogP contribution in [0.3, 0.4) is 0 Å². The molecule has 2 rings (SSSR count). The number of rotatable bonds is 5. The molecule has 0 radical (unpaired) electrons. The SMILES string of the molecule is CNC(c1ccc(CC(C)C)cc1)c1cc(Br)ccc1C. The lowest BCUT2D eigenvalue weighted by molar-refractivity contribution is 0.645. The van der Waals surface area contributed by atoms with E-state index in [2.05, 4.69) is 84.5 Å². The van der Waals surface area contributed by atoms with Crippen LogP contribution >= 0.6 is 15.9 Å². The van der Waals surface area contributed by atoms with Crippen molar-refractivity contribution in [3.05, 3.63) is 69.2 Å². The Morgan fingerprint density at radius 3 is 2.29 bits per heavy atom. The Hall–Kier alpha value is -1.12. The second-order valence-corrected chi connectivity index (χ2v) is 6.98. The smallest absolute Gasteiger partial charge is 0.0577 e. The minimum atomic E-state index is 0.232. The summed E-state index contributed by atoms with van der Waals surface area (Å²) in [6.45, 7) is 6.68. The Kier molecular flexibility index (Phi) is 5.60. The summed E-state index contributed by atoms with van der Waals surface area (Å²) < 4.78 is 1.12. The summed E-state index contributed by atoms with van der Waals surface area (Å²) in [4.78, 5) is 0. The third-order valence-corrected chi connectivity index (χ3v) is 4.29. The fourth-order valence-corrected chi connectivity index (χ4v) is 3.12. The van der Waals surface area contributed by atoms with Crippen LogP contribution in [-0.2, 0) is 6.42 Å². The molecule has 0 saturated carbocycles. The largest absolute Gasteiger partial charge is 0.309 e. The molecule has 112 valence electrons. The van der Waals surface area contributed by atoms with Crippen LogP contribution in [0.1, 0.15) is 42.1 Å². The number of benzene rings is 2. The van der Waals surface area contributed by atoms with Gasteiger partial charge in [0.05, 0.1) is 6.04 Å². The van der Waals surface area contributed by atoms with E-state index >= 15 is 0 Å². The second-order valence-electron chi connectivity index (χ2n) is 6.06.